The Morgan fingerprint density at radius 1 is 0.926 bits per heavy atom. The maximum atomic E-state index is 12.6. The average molecular weight is 391 g/mol. The number of anilines is 1. The summed E-state index contributed by atoms with van der Waals surface area (Å²) < 4.78 is 26.9. The van der Waals surface area contributed by atoms with Gasteiger partial charge in [-0.15, -0.1) is 0 Å². The molecule has 3 heterocycles. The van der Waals surface area contributed by atoms with Crippen LogP contribution in [0.3, 0.4) is 0 Å². The van der Waals surface area contributed by atoms with Crippen LogP contribution in [0, 0.1) is 11.8 Å². The molecular formula is C20H30N4O2S. The second-order valence-electron chi connectivity index (χ2n) is 8.73. The summed E-state index contributed by atoms with van der Waals surface area (Å²) in [5, 5.41) is 0. The summed E-state index contributed by atoms with van der Waals surface area (Å²) in [6.45, 7) is 5.44. The van der Waals surface area contributed by atoms with Crippen LogP contribution in [0.15, 0.2) is 23.2 Å². The SMILES string of the molecule is O=S(=O)(c1ccc(N2CCN(C3CC4CCC3C4)CC2)nc1)N1CCCC1. The van der Waals surface area contributed by atoms with E-state index in [0.717, 1.165) is 62.7 Å². The number of rotatable bonds is 4. The monoisotopic (exact) mass is 390 g/mol. The predicted molar refractivity (Wildman–Crippen MR) is 105 cm³/mol. The minimum atomic E-state index is -3.37. The van der Waals surface area contributed by atoms with Crippen molar-refractivity contribution in [2.24, 2.45) is 11.8 Å². The molecular weight excluding hydrogens is 360 g/mol. The van der Waals surface area contributed by atoms with Gasteiger partial charge in [-0.3, -0.25) is 4.90 Å². The summed E-state index contributed by atoms with van der Waals surface area (Å²) in [4.78, 5) is 9.83. The topological polar surface area (TPSA) is 56.8 Å². The lowest BCUT2D eigenvalue weighted by molar-refractivity contribution is 0.134. The van der Waals surface area contributed by atoms with Crippen LogP contribution in [0.1, 0.15) is 38.5 Å². The molecule has 0 radical (unpaired) electrons. The number of sulfonamides is 1. The van der Waals surface area contributed by atoms with Crippen molar-refractivity contribution in [1.82, 2.24) is 14.2 Å². The highest BCUT2D eigenvalue weighted by Gasteiger charge is 2.42. The molecule has 27 heavy (non-hydrogen) atoms. The number of pyridine rings is 1. The fourth-order valence-electron chi connectivity index (χ4n) is 5.73. The van der Waals surface area contributed by atoms with Gasteiger partial charge >= 0.3 is 0 Å². The second kappa shape index (κ2) is 7.01. The molecule has 2 aliphatic carbocycles. The Morgan fingerprint density at radius 3 is 2.30 bits per heavy atom. The Labute approximate surface area is 162 Å². The van der Waals surface area contributed by atoms with Crippen molar-refractivity contribution in [3.8, 4) is 0 Å². The first kappa shape index (κ1) is 17.9. The Balaban J connectivity index is 1.21. The molecule has 0 amide bonds. The van der Waals surface area contributed by atoms with Crippen LogP contribution < -0.4 is 4.90 Å². The van der Waals surface area contributed by atoms with E-state index in [1.807, 2.05) is 6.07 Å². The third-order valence-electron chi connectivity index (χ3n) is 7.23. The molecule has 6 nitrogen and oxygen atoms in total. The van der Waals surface area contributed by atoms with Crippen molar-refractivity contribution < 1.29 is 8.42 Å². The number of fused-ring (bicyclic) bond motifs is 2. The van der Waals surface area contributed by atoms with E-state index in [4.69, 9.17) is 0 Å². The van der Waals surface area contributed by atoms with Crippen LogP contribution in [-0.2, 0) is 10.0 Å². The van der Waals surface area contributed by atoms with Gasteiger partial charge in [0.1, 0.15) is 10.7 Å². The highest BCUT2D eigenvalue weighted by molar-refractivity contribution is 7.89. The predicted octanol–water partition coefficient (Wildman–Crippen LogP) is 2.18. The molecule has 7 heteroatoms. The summed E-state index contributed by atoms with van der Waals surface area (Å²) in [6, 6.07) is 4.43. The van der Waals surface area contributed by atoms with Crippen molar-refractivity contribution in [3.05, 3.63) is 18.3 Å². The summed E-state index contributed by atoms with van der Waals surface area (Å²) in [5.74, 6) is 2.84. The number of hydrogen-bond donors (Lipinski definition) is 0. The minimum absolute atomic E-state index is 0.328. The second-order valence-corrected chi connectivity index (χ2v) is 10.7. The minimum Gasteiger partial charge on any atom is -0.354 e. The molecule has 148 valence electrons. The van der Waals surface area contributed by atoms with Crippen molar-refractivity contribution >= 4 is 15.8 Å². The van der Waals surface area contributed by atoms with E-state index in [9.17, 15) is 8.42 Å². The molecule has 1 aromatic rings. The van der Waals surface area contributed by atoms with Crippen molar-refractivity contribution in [1.29, 1.82) is 0 Å². The number of hydrogen-bond acceptors (Lipinski definition) is 5. The lowest BCUT2D eigenvalue weighted by Crippen LogP contribution is -2.52. The third-order valence-corrected chi connectivity index (χ3v) is 9.11. The van der Waals surface area contributed by atoms with Gasteiger partial charge in [-0.05, 0) is 56.1 Å². The van der Waals surface area contributed by atoms with Crippen LogP contribution in [0.4, 0.5) is 5.82 Å². The first-order valence-electron chi connectivity index (χ1n) is 10.6. The quantitative estimate of drug-likeness (QED) is 0.789. The average Bonchev–Trinajstić information content (AvgIpc) is 3.46. The first-order chi connectivity index (χ1) is 13.1. The Morgan fingerprint density at radius 2 is 1.70 bits per heavy atom. The van der Waals surface area contributed by atoms with Crippen LogP contribution in [0.2, 0.25) is 0 Å². The smallest absolute Gasteiger partial charge is 0.244 e. The summed E-state index contributed by atoms with van der Waals surface area (Å²) in [7, 11) is -3.37. The molecule has 4 fully saturated rings. The lowest BCUT2D eigenvalue weighted by atomic mass is 9.93. The Bertz CT molecular complexity index is 768. The van der Waals surface area contributed by atoms with Gasteiger partial charge in [0.25, 0.3) is 0 Å². The molecule has 0 aromatic carbocycles. The molecule has 2 saturated heterocycles. The zero-order valence-electron chi connectivity index (χ0n) is 16.0. The van der Waals surface area contributed by atoms with Crippen molar-refractivity contribution in [2.45, 2.75) is 49.5 Å². The van der Waals surface area contributed by atoms with E-state index in [-0.39, 0.29) is 0 Å². The Kier molecular flexibility index (Phi) is 4.64. The van der Waals surface area contributed by atoms with Gasteiger partial charge in [0.2, 0.25) is 10.0 Å². The highest BCUT2D eigenvalue weighted by atomic mass is 32.2. The van der Waals surface area contributed by atoms with Gasteiger partial charge in [0.15, 0.2) is 0 Å². The van der Waals surface area contributed by atoms with Gasteiger partial charge in [0.05, 0.1) is 0 Å². The zero-order chi connectivity index (χ0) is 18.4. The molecule has 2 saturated carbocycles. The van der Waals surface area contributed by atoms with Crippen LogP contribution in [0.5, 0.6) is 0 Å². The van der Waals surface area contributed by atoms with Crippen LogP contribution in [-0.4, -0.2) is 67.9 Å². The van der Waals surface area contributed by atoms with Gasteiger partial charge in [-0.25, -0.2) is 13.4 Å². The van der Waals surface area contributed by atoms with E-state index in [2.05, 4.69) is 14.8 Å². The van der Waals surface area contributed by atoms with Gasteiger partial charge in [-0.2, -0.15) is 4.31 Å². The maximum absolute atomic E-state index is 12.6. The van der Waals surface area contributed by atoms with E-state index in [1.54, 1.807) is 16.6 Å². The summed E-state index contributed by atoms with van der Waals surface area (Å²) in [6.07, 6.45) is 9.22. The lowest BCUT2D eigenvalue weighted by Gasteiger charge is -2.41. The third kappa shape index (κ3) is 3.28. The normalized spacial score (nSPS) is 32.4. The van der Waals surface area contributed by atoms with Crippen molar-refractivity contribution in [3.63, 3.8) is 0 Å². The van der Waals surface area contributed by atoms with E-state index in [0.29, 0.717) is 18.0 Å². The summed E-state index contributed by atoms with van der Waals surface area (Å²) >= 11 is 0. The largest absolute Gasteiger partial charge is 0.354 e. The molecule has 3 unspecified atom stereocenters. The molecule has 2 aliphatic heterocycles. The molecule has 0 N–H and O–H groups in total. The van der Waals surface area contributed by atoms with Gasteiger partial charge < -0.3 is 4.90 Å². The van der Waals surface area contributed by atoms with Crippen LogP contribution in [0.25, 0.3) is 0 Å². The molecule has 2 bridgehead atoms. The number of piperazine rings is 1. The molecule has 0 spiro atoms. The number of nitrogens with zero attached hydrogens (tertiary/aromatic N) is 4. The highest BCUT2D eigenvalue weighted by Crippen LogP contribution is 2.46. The molecule has 4 aliphatic rings. The molecule has 5 rings (SSSR count). The standard InChI is InChI=1S/C20H30N4O2S/c25-27(26,24-7-1-2-8-24)18-5-6-20(21-15-18)23-11-9-22(10-12-23)19-14-16-3-4-17(19)13-16/h5-6,15-17,19H,1-4,7-14H2. The number of aromatic nitrogens is 1. The fraction of sp³-hybridized carbons (Fsp3) is 0.750. The van der Waals surface area contributed by atoms with Crippen molar-refractivity contribution in [2.75, 3.05) is 44.2 Å². The zero-order valence-corrected chi connectivity index (χ0v) is 16.8. The molecule has 1 aromatic heterocycles. The Hall–Kier alpha value is -1.18. The van der Waals surface area contributed by atoms with E-state index >= 15 is 0 Å². The van der Waals surface area contributed by atoms with E-state index < -0.39 is 10.0 Å². The fourth-order valence-corrected chi connectivity index (χ4v) is 7.19. The van der Waals surface area contributed by atoms with Gasteiger partial charge in [-0.1, -0.05) is 6.42 Å². The van der Waals surface area contributed by atoms with E-state index in [1.165, 1.54) is 25.7 Å². The summed E-state index contributed by atoms with van der Waals surface area (Å²) in [5.41, 5.74) is 0. The maximum Gasteiger partial charge on any atom is 0.244 e. The first-order valence-corrected chi connectivity index (χ1v) is 12.0. The van der Waals surface area contributed by atoms with Gasteiger partial charge in [0, 0.05) is 51.5 Å². The molecule has 3 atom stereocenters. The van der Waals surface area contributed by atoms with Crippen LogP contribution >= 0.6 is 0 Å².